The van der Waals surface area contributed by atoms with Crippen LogP contribution in [0.1, 0.15) is 31.2 Å². The van der Waals surface area contributed by atoms with Crippen LogP contribution in [0.4, 0.5) is 8.78 Å². The van der Waals surface area contributed by atoms with Gasteiger partial charge in [-0.2, -0.15) is 0 Å². The lowest BCUT2D eigenvalue weighted by Crippen LogP contribution is -2.32. The molecule has 0 heterocycles. The van der Waals surface area contributed by atoms with E-state index in [9.17, 15) is 8.78 Å². The highest BCUT2D eigenvalue weighted by Gasteiger charge is 2.50. The molecule has 2 aliphatic carbocycles. The van der Waals surface area contributed by atoms with Gasteiger partial charge in [0, 0.05) is 10.9 Å². The molecule has 2 aliphatic rings. The van der Waals surface area contributed by atoms with Crippen LogP contribution >= 0.6 is 15.9 Å². The van der Waals surface area contributed by atoms with E-state index >= 15 is 0 Å². The molecule has 18 heavy (non-hydrogen) atoms. The molecule has 2 fully saturated rings. The summed E-state index contributed by atoms with van der Waals surface area (Å²) in [6.07, 6.45) is 5.45. The lowest BCUT2D eigenvalue weighted by Gasteiger charge is -2.36. The highest BCUT2D eigenvalue weighted by molar-refractivity contribution is 9.09. The Morgan fingerprint density at radius 1 is 1.22 bits per heavy atom. The third kappa shape index (κ3) is 1.91. The lowest BCUT2D eigenvalue weighted by molar-refractivity contribution is 0.193. The molecule has 0 spiro atoms. The average Bonchev–Trinajstić information content (AvgIpc) is 2.95. The van der Waals surface area contributed by atoms with Crippen LogP contribution < -0.4 is 0 Å². The van der Waals surface area contributed by atoms with Crippen molar-refractivity contribution in [2.24, 2.45) is 17.3 Å². The summed E-state index contributed by atoms with van der Waals surface area (Å²) in [4.78, 5) is 0. The second kappa shape index (κ2) is 4.59. The van der Waals surface area contributed by atoms with E-state index < -0.39 is 11.6 Å². The highest BCUT2D eigenvalue weighted by atomic mass is 79.9. The third-order valence-electron chi connectivity index (χ3n) is 4.96. The summed E-state index contributed by atoms with van der Waals surface area (Å²) in [5, 5.41) is 0.856. The van der Waals surface area contributed by atoms with Crippen LogP contribution in [0.25, 0.3) is 0 Å². The third-order valence-corrected chi connectivity index (χ3v) is 6.08. The summed E-state index contributed by atoms with van der Waals surface area (Å²) in [6, 6.07) is 4.18. The minimum atomic E-state index is -0.391. The van der Waals surface area contributed by atoms with E-state index in [1.807, 2.05) is 0 Å². The molecule has 2 saturated carbocycles. The Balaban J connectivity index is 1.91. The number of halogens is 3. The zero-order valence-corrected chi connectivity index (χ0v) is 11.8. The first-order valence-corrected chi connectivity index (χ1v) is 7.75. The van der Waals surface area contributed by atoms with Crippen molar-refractivity contribution in [1.29, 1.82) is 0 Å². The van der Waals surface area contributed by atoms with Crippen molar-refractivity contribution < 1.29 is 8.78 Å². The van der Waals surface area contributed by atoms with Crippen LogP contribution in [0.2, 0.25) is 0 Å². The largest absolute Gasteiger partial charge is 0.207 e. The topological polar surface area (TPSA) is 0 Å². The van der Waals surface area contributed by atoms with Crippen LogP contribution in [-0.2, 0) is 6.42 Å². The maximum absolute atomic E-state index is 13.8. The summed E-state index contributed by atoms with van der Waals surface area (Å²) < 4.78 is 27.6. The van der Waals surface area contributed by atoms with Gasteiger partial charge in [0.15, 0.2) is 0 Å². The summed E-state index contributed by atoms with van der Waals surface area (Å²) in [6.45, 7) is 0. The molecule has 0 aromatic heterocycles. The molecule has 3 heteroatoms. The molecule has 0 N–H and O–H groups in total. The zero-order valence-electron chi connectivity index (χ0n) is 10.3. The van der Waals surface area contributed by atoms with E-state index in [0.29, 0.717) is 12.3 Å². The molecule has 3 atom stereocenters. The van der Waals surface area contributed by atoms with E-state index in [2.05, 4.69) is 15.9 Å². The Morgan fingerprint density at radius 2 is 1.94 bits per heavy atom. The number of rotatable bonds is 3. The number of hydrogen-bond acceptors (Lipinski definition) is 0. The first-order valence-electron chi connectivity index (χ1n) is 6.63. The van der Waals surface area contributed by atoms with Gasteiger partial charge in [-0.15, -0.1) is 0 Å². The van der Waals surface area contributed by atoms with Gasteiger partial charge in [0.05, 0.1) is 0 Å². The molecule has 0 radical (unpaired) electrons. The van der Waals surface area contributed by atoms with E-state index in [0.717, 1.165) is 17.7 Å². The van der Waals surface area contributed by atoms with Crippen molar-refractivity contribution in [2.45, 2.75) is 32.1 Å². The summed E-state index contributed by atoms with van der Waals surface area (Å²) in [5.41, 5.74) is 0.357. The number of benzene rings is 1. The molecular formula is C15H17BrF2. The first kappa shape index (κ1) is 12.6. The summed E-state index contributed by atoms with van der Waals surface area (Å²) >= 11 is 3.60. The van der Waals surface area contributed by atoms with Gasteiger partial charge in [-0.1, -0.05) is 28.4 Å². The SMILES string of the molecule is Fc1cccc(F)c1CC1(CBr)CC2CCC1C2. The number of alkyl halides is 1. The van der Waals surface area contributed by atoms with Gasteiger partial charge in [-0.25, -0.2) is 8.78 Å². The number of fused-ring (bicyclic) bond motifs is 2. The van der Waals surface area contributed by atoms with Gasteiger partial charge in [-0.05, 0) is 55.1 Å². The molecule has 1 aromatic rings. The molecule has 0 aliphatic heterocycles. The Bertz CT molecular complexity index is 440. The second-order valence-electron chi connectivity index (χ2n) is 5.95. The van der Waals surface area contributed by atoms with Gasteiger partial charge < -0.3 is 0 Å². The lowest BCUT2D eigenvalue weighted by atomic mass is 9.71. The Morgan fingerprint density at radius 3 is 2.44 bits per heavy atom. The number of hydrogen-bond donors (Lipinski definition) is 0. The van der Waals surface area contributed by atoms with Crippen molar-refractivity contribution >= 4 is 15.9 Å². The predicted octanol–water partition coefficient (Wildman–Crippen LogP) is 4.71. The van der Waals surface area contributed by atoms with Crippen LogP contribution in [0.5, 0.6) is 0 Å². The van der Waals surface area contributed by atoms with Crippen LogP contribution in [0.3, 0.4) is 0 Å². The molecule has 0 nitrogen and oxygen atoms in total. The second-order valence-corrected chi connectivity index (χ2v) is 6.51. The van der Waals surface area contributed by atoms with Crippen LogP contribution in [-0.4, -0.2) is 5.33 Å². The molecular weight excluding hydrogens is 298 g/mol. The van der Waals surface area contributed by atoms with Crippen LogP contribution in [0, 0.1) is 28.9 Å². The minimum Gasteiger partial charge on any atom is -0.207 e. The maximum Gasteiger partial charge on any atom is 0.129 e. The van der Waals surface area contributed by atoms with Crippen molar-refractivity contribution in [3.05, 3.63) is 35.4 Å². The highest BCUT2D eigenvalue weighted by Crippen LogP contribution is 2.58. The Hall–Kier alpha value is -0.440. The molecule has 98 valence electrons. The van der Waals surface area contributed by atoms with Crippen molar-refractivity contribution in [3.63, 3.8) is 0 Å². The molecule has 0 saturated heterocycles. The minimum absolute atomic E-state index is 0.0753. The smallest absolute Gasteiger partial charge is 0.129 e. The van der Waals surface area contributed by atoms with Gasteiger partial charge in [0.1, 0.15) is 11.6 Å². The van der Waals surface area contributed by atoms with E-state index in [1.165, 1.54) is 37.5 Å². The Kier molecular flexibility index (Phi) is 3.21. The van der Waals surface area contributed by atoms with E-state index in [4.69, 9.17) is 0 Å². The summed E-state index contributed by atoms with van der Waals surface area (Å²) in [5.74, 6) is 0.638. The fraction of sp³-hybridized carbons (Fsp3) is 0.600. The van der Waals surface area contributed by atoms with E-state index in [1.54, 1.807) is 0 Å². The predicted molar refractivity (Wildman–Crippen MR) is 71.7 cm³/mol. The fourth-order valence-corrected chi connectivity index (χ4v) is 4.92. The monoisotopic (exact) mass is 314 g/mol. The van der Waals surface area contributed by atoms with Crippen molar-refractivity contribution in [3.8, 4) is 0 Å². The molecule has 1 aromatic carbocycles. The maximum atomic E-state index is 13.8. The fourth-order valence-electron chi connectivity index (χ4n) is 4.04. The van der Waals surface area contributed by atoms with E-state index in [-0.39, 0.29) is 11.0 Å². The molecule has 0 amide bonds. The van der Waals surface area contributed by atoms with Crippen LogP contribution in [0.15, 0.2) is 18.2 Å². The van der Waals surface area contributed by atoms with Gasteiger partial charge >= 0.3 is 0 Å². The Labute approximate surface area is 115 Å². The zero-order chi connectivity index (χ0) is 12.8. The van der Waals surface area contributed by atoms with Gasteiger partial charge in [-0.3, -0.25) is 0 Å². The molecule has 3 rings (SSSR count). The quantitative estimate of drug-likeness (QED) is 0.709. The van der Waals surface area contributed by atoms with Gasteiger partial charge in [0.25, 0.3) is 0 Å². The normalized spacial score (nSPS) is 34.2. The standard InChI is InChI=1S/C15H17BrF2/c16-9-15(7-10-4-5-11(15)6-10)8-12-13(17)2-1-3-14(12)18/h1-3,10-11H,4-9H2. The van der Waals surface area contributed by atoms with Gasteiger partial charge in [0.2, 0.25) is 0 Å². The molecule has 2 bridgehead atoms. The van der Waals surface area contributed by atoms with Crippen molar-refractivity contribution in [1.82, 2.24) is 0 Å². The average molecular weight is 315 g/mol. The van der Waals surface area contributed by atoms with Crippen molar-refractivity contribution in [2.75, 3.05) is 5.33 Å². The molecule has 3 unspecified atom stereocenters. The summed E-state index contributed by atoms with van der Waals surface area (Å²) in [7, 11) is 0. The first-order chi connectivity index (χ1) is 8.64.